The van der Waals surface area contributed by atoms with Gasteiger partial charge in [0.25, 0.3) is 5.56 Å². The van der Waals surface area contributed by atoms with Crippen LogP contribution in [0.15, 0.2) is 88.2 Å². The molecule has 9 heteroatoms. The van der Waals surface area contributed by atoms with Crippen molar-refractivity contribution in [2.75, 3.05) is 20.8 Å². The lowest BCUT2D eigenvalue weighted by molar-refractivity contribution is -0.138. The number of aromatic hydroxyl groups is 1. The summed E-state index contributed by atoms with van der Waals surface area (Å²) in [6.07, 6.45) is 1.60. The number of fused-ring (bicyclic) bond motifs is 1. The third-order valence-corrected chi connectivity index (χ3v) is 7.30. The molecule has 5 rings (SSSR count). The lowest BCUT2D eigenvalue weighted by Crippen LogP contribution is -2.40. The molecule has 0 amide bonds. The molecule has 198 valence electrons. The fourth-order valence-corrected chi connectivity index (χ4v) is 5.52. The third kappa shape index (κ3) is 4.84. The van der Waals surface area contributed by atoms with Gasteiger partial charge in [0.05, 0.1) is 42.7 Å². The smallest absolute Gasteiger partial charge is 0.338 e. The van der Waals surface area contributed by atoms with E-state index in [1.54, 1.807) is 50.4 Å². The van der Waals surface area contributed by atoms with E-state index in [2.05, 4.69) is 0 Å². The Balaban J connectivity index is 1.84. The largest absolute Gasteiger partial charge is 0.504 e. The zero-order valence-electron chi connectivity index (χ0n) is 21.6. The fraction of sp³-hybridized carbons (Fsp3) is 0.167. The lowest BCUT2D eigenvalue weighted by Gasteiger charge is -2.26. The van der Waals surface area contributed by atoms with Gasteiger partial charge in [-0.25, -0.2) is 9.79 Å². The van der Waals surface area contributed by atoms with Gasteiger partial charge in [-0.15, -0.1) is 0 Å². The zero-order chi connectivity index (χ0) is 27.5. The molecule has 39 heavy (non-hydrogen) atoms. The maximum Gasteiger partial charge on any atom is 0.338 e. The van der Waals surface area contributed by atoms with Crippen molar-refractivity contribution in [3.8, 4) is 17.2 Å². The molecule has 2 heterocycles. The predicted molar refractivity (Wildman–Crippen MR) is 149 cm³/mol. The van der Waals surface area contributed by atoms with Crippen molar-refractivity contribution in [2.24, 2.45) is 4.99 Å². The van der Waals surface area contributed by atoms with E-state index in [1.165, 1.54) is 23.0 Å². The van der Waals surface area contributed by atoms with Gasteiger partial charge in [0.2, 0.25) is 0 Å². The van der Waals surface area contributed by atoms with Gasteiger partial charge >= 0.3 is 5.97 Å². The molecule has 1 unspecified atom stereocenters. The monoisotopic (exact) mass is 542 g/mol. The maximum absolute atomic E-state index is 14.0. The Hall–Kier alpha value is -4.63. The Morgan fingerprint density at radius 2 is 1.82 bits per heavy atom. The Kier molecular flexibility index (Phi) is 7.33. The number of para-hydroxylation sites is 1. The summed E-state index contributed by atoms with van der Waals surface area (Å²) in [5, 5.41) is 10.6. The van der Waals surface area contributed by atoms with E-state index in [4.69, 9.17) is 19.2 Å². The molecule has 3 aromatic carbocycles. The van der Waals surface area contributed by atoms with Gasteiger partial charge in [0, 0.05) is 11.1 Å². The molecule has 0 saturated carbocycles. The van der Waals surface area contributed by atoms with Gasteiger partial charge in [0.1, 0.15) is 5.75 Å². The molecule has 8 nitrogen and oxygen atoms in total. The second kappa shape index (κ2) is 11.0. The van der Waals surface area contributed by atoms with E-state index in [9.17, 15) is 14.7 Å². The Morgan fingerprint density at radius 3 is 2.54 bits per heavy atom. The second-order valence-corrected chi connectivity index (χ2v) is 9.62. The van der Waals surface area contributed by atoms with Gasteiger partial charge in [0.15, 0.2) is 16.3 Å². The molecule has 0 saturated heterocycles. The van der Waals surface area contributed by atoms with Gasteiger partial charge in [-0.05, 0) is 36.8 Å². The summed E-state index contributed by atoms with van der Waals surface area (Å²) in [7, 11) is 3.02. The predicted octanol–water partition coefficient (Wildman–Crippen LogP) is 3.66. The first-order chi connectivity index (χ1) is 19.0. The van der Waals surface area contributed by atoms with Crippen LogP contribution in [0.3, 0.4) is 0 Å². The number of esters is 1. The third-order valence-electron chi connectivity index (χ3n) is 6.32. The van der Waals surface area contributed by atoms with Crippen LogP contribution < -0.4 is 24.4 Å². The van der Waals surface area contributed by atoms with Gasteiger partial charge in [-0.3, -0.25) is 9.36 Å². The number of hydrogen-bond acceptors (Lipinski definition) is 8. The number of carbonyl (C=O) groups is 1. The van der Waals surface area contributed by atoms with Crippen molar-refractivity contribution in [2.45, 2.75) is 13.0 Å². The number of phenols is 1. The summed E-state index contributed by atoms with van der Waals surface area (Å²) in [5.41, 5.74) is 2.13. The van der Waals surface area contributed by atoms with E-state index in [0.717, 1.165) is 5.56 Å². The molecule has 0 bridgehead atoms. The summed E-state index contributed by atoms with van der Waals surface area (Å²) in [6, 6.07) is 20.8. The second-order valence-electron chi connectivity index (χ2n) is 8.61. The minimum absolute atomic E-state index is 0.0765. The molecule has 4 aromatic rings. The first-order valence-corrected chi connectivity index (χ1v) is 13.1. The van der Waals surface area contributed by atoms with Crippen LogP contribution in [0, 0.1) is 0 Å². The van der Waals surface area contributed by atoms with E-state index in [0.29, 0.717) is 37.7 Å². The van der Waals surface area contributed by atoms with E-state index >= 15 is 0 Å². The highest BCUT2D eigenvalue weighted by atomic mass is 32.1. The summed E-state index contributed by atoms with van der Waals surface area (Å²) in [6.45, 7) is 1.89. The van der Waals surface area contributed by atoms with Gasteiger partial charge in [-0.1, -0.05) is 65.9 Å². The number of phenolic OH excluding ortho intramolecular Hbond substituents is 1. The van der Waals surface area contributed by atoms with Crippen molar-refractivity contribution in [3.05, 3.63) is 115 Å². The van der Waals surface area contributed by atoms with E-state index in [1.807, 2.05) is 42.5 Å². The number of carbonyl (C=O) groups excluding carboxylic acids is 1. The number of nitrogens with zero attached hydrogens (tertiary/aromatic N) is 2. The van der Waals surface area contributed by atoms with Crippen molar-refractivity contribution in [1.29, 1.82) is 0 Å². The molecule has 0 fully saturated rings. The Morgan fingerprint density at radius 1 is 1.05 bits per heavy atom. The van der Waals surface area contributed by atoms with Crippen LogP contribution in [0.5, 0.6) is 17.2 Å². The highest BCUT2D eigenvalue weighted by Gasteiger charge is 2.35. The highest BCUT2D eigenvalue weighted by molar-refractivity contribution is 7.07. The minimum Gasteiger partial charge on any atom is -0.504 e. The Labute approximate surface area is 228 Å². The molecular formula is C30H26N2O6S. The summed E-state index contributed by atoms with van der Waals surface area (Å²) >= 11 is 1.17. The molecule has 1 aliphatic rings. The number of ether oxygens (including phenoxy) is 3. The van der Waals surface area contributed by atoms with Crippen LogP contribution in [-0.4, -0.2) is 36.5 Å². The van der Waals surface area contributed by atoms with Crippen molar-refractivity contribution in [1.82, 2.24) is 4.57 Å². The fourth-order valence-electron chi connectivity index (χ4n) is 4.53. The molecule has 0 spiro atoms. The van der Waals surface area contributed by atoms with Crippen LogP contribution in [0.1, 0.15) is 29.7 Å². The number of methoxy groups -OCH3 is 2. The van der Waals surface area contributed by atoms with E-state index in [-0.39, 0.29) is 23.5 Å². The summed E-state index contributed by atoms with van der Waals surface area (Å²) < 4.78 is 18.0. The lowest BCUT2D eigenvalue weighted by atomic mass is 9.93. The average Bonchev–Trinajstić information content (AvgIpc) is 3.28. The minimum atomic E-state index is -0.827. The highest BCUT2D eigenvalue weighted by Crippen LogP contribution is 2.36. The summed E-state index contributed by atoms with van der Waals surface area (Å²) in [5.74, 6) is 0.235. The number of hydrogen-bond donors (Lipinski definition) is 1. The van der Waals surface area contributed by atoms with Crippen LogP contribution in [0.25, 0.3) is 11.8 Å². The van der Waals surface area contributed by atoms with E-state index < -0.39 is 12.0 Å². The molecule has 0 radical (unpaired) electrons. The zero-order valence-corrected chi connectivity index (χ0v) is 22.4. The van der Waals surface area contributed by atoms with Crippen LogP contribution in [0.2, 0.25) is 0 Å². The van der Waals surface area contributed by atoms with Gasteiger partial charge in [-0.2, -0.15) is 0 Å². The molecule has 1 N–H and O–H groups in total. The average molecular weight is 543 g/mol. The van der Waals surface area contributed by atoms with Crippen molar-refractivity contribution >= 4 is 29.1 Å². The quantitative estimate of drug-likeness (QED) is 0.358. The SMILES string of the molecule is CCOC(=O)C1=C(c2ccccc2)N=c2sc(=Cc3cccc(OC)c3O)c(=O)n2C1c1cccc(OC)c1. The number of thiazole rings is 1. The molecular weight excluding hydrogens is 516 g/mol. The maximum atomic E-state index is 14.0. The molecule has 0 aliphatic carbocycles. The van der Waals surface area contributed by atoms with Gasteiger partial charge < -0.3 is 19.3 Å². The normalized spacial score (nSPS) is 14.9. The molecule has 1 atom stereocenters. The van der Waals surface area contributed by atoms with Crippen LogP contribution in [0.4, 0.5) is 0 Å². The molecule has 1 aliphatic heterocycles. The summed E-state index contributed by atoms with van der Waals surface area (Å²) in [4.78, 5) is 32.7. The number of aromatic nitrogens is 1. The van der Waals surface area contributed by atoms with Crippen LogP contribution in [-0.2, 0) is 9.53 Å². The number of benzene rings is 3. The van der Waals surface area contributed by atoms with Crippen LogP contribution >= 0.6 is 11.3 Å². The standard InChI is InChI=1S/C30H26N2O6S/c1-4-38-29(35)24-25(18-10-6-5-7-11-18)31-30-32(26(24)19-12-8-14-21(16-19)36-2)28(34)23(39-30)17-20-13-9-15-22(37-3)27(20)33/h5-17,26,33H,4H2,1-3H3. The number of rotatable bonds is 7. The first kappa shape index (κ1) is 26.0. The Bertz CT molecular complexity index is 1750. The van der Waals surface area contributed by atoms with Crippen molar-refractivity contribution < 1.29 is 24.1 Å². The van der Waals surface area contributed by atoms with Crippen molar-refractivity contribution in [3.63, 3.8) is 0 Å². The first-order valence-electron chi connectivity index (χ1n) is 12.2. The topological polar surface area (TPSA) is 99.4 Å². The molecule has 1 aromatic heterocycles.